The molecular formula is C20H20N2O6. The van der Waals surface area contributed by atoms with Crippen LogP contribution in [0.1, 0.15) is 15.9 Å². The molecule has 1 aliphatic heterocycles. The molecule has 1 aliphatic rings. The van der Waals surface area contributed by atoms with Gasteiger partial charge in [-0.05, 0) is 29.8 Å². The summed E-state index contributed by atoms with van der Waals surface area (Å²) >= 11 is 0. The fourth-order valence-electron chi connectivity index (χ4n) is 2.79. The van der Waals surface area contributed by atoms with Gasteiger partial charge < -0.3 is 25.2 Å². The van der Waals surface area contributed by atoms with E-state index < -0.39 is 18.7 Å². The lowest BCUT2D eigenvalue weighted by Gasteiger charge is -2.12. The number of carbonyl (C=O) groups excluding carboxylic acids is 2. The summed E-state index contributed by atoms with van der Waals surface area (Å²) in [4.78, 5) is 35.0. The van der Waals surface area contributed by atoms with Crippen LogP contribution in [0.2, 0.25) is 0 Å². The maximum absolute atomic E-state index is 12.5. The maximum Gasteiger partial charge on any atom is 0.329 e. The minimum Gasteiger partial charge on any atom is -0.480 e. The molecule has 28 heavy (non-hydrogen) atoms. The normalized spacial score (nSPS) is 14.6. The predicted molar refractivity (Wildman–Crippen MR) is 100 cm³/mol. The molecule has 8 heteroatoms. The minimum atomic E-state index is -1.07. The number of hydrogen-bond acceptors (Lipinski definition) is 5. The van der Waals surface area contributed by atoms with Crippen molar-refractivity contribution in [3.63, 3.8) is 0 Å². The monoisotopic (exact) mass is 384 g/mol. The van der Waals surface area contributed by atoms with Crippen LogP contribution in [0.5, 0.6) is 5.75 Å². The summed E-state index contributed by atoms with van der Waals surface area (Å²) in [5, 5.41) is 13.9. The van der Waals surface area contributed by atoms with Crippen molar-refractivity contribution >= 4 is 23.5 Å². The molecule has 0 saturated carbocycles. The number of aliphatic carboxylic acids is 1. The van der Waals surface area contributed by atoms with E-state index in [9.17, 15) is 14.4 Å². The van der Waals surface area contributed by atoms with Gasteiger partial charge in [-0.2, -0.15) is 0 Å². The Balaban J connectivity index is 1.51. The van der Waals surface area contributed by atoms with Crippen molar-refractivity contribution in [2.45, 2.75) is 12.5 Å². The summed E-state index contributed by atoms with van der Waals surface area (Å²) < 4.78 is 10.5. The van der Waals surface area contributed by atoms with Crippen molar-refractivity contribution < 1.29 is 29.0 Å². The number of carboxylic acid groups (broad SMARTS) is 1. The van der Waals surface area contributed by atoms with Gasteiger partial charge in [-0.1, -0.05) is 24.3 Å². The lowest BCUT2D eigenvalue weighted by Crippen LogP contribution is -2.31. The molecule has 3 rings (SSSR count). The lowest BCUT2D eigenvalue weighted by molar-refractivity contribution is -0.142. The van der Waals surface area contributed by atoms with Gasteiger partial charge in [0, 0.05) is 24.2 Å². The smallest absolute Gasteiger partial charge is 0.329 e. The highest BCUT2D eigenvalue weighted by Crippen LogP contribution is 2.28. The number of hydrogen-bond donors (Lipinski definition) is 3. The van der Waals surface area contributed by atoms with Gasteiger partial charge in [0.1, 0.15) is 12.4 Å². The zero-order valence-corrected chi connectivity index (χ0v) is 15.0. The van der Waals surface area contributed by atoms with E-state index >= 15 is 0 Å². The average Bonchev–Trinajstić information content (AvgIpc) is 3.12. The molecule has 1 atom stereocenters. The second-order valence-electron chi connectivity index (χ2n) is 6.19. The molecule has 1 unspecified atom stereocenters. The fraction of sp³-hybridized carbons (Fsp3) is 0.250. The fourth-order valence-corrected chi connectivity index (χ4v) is 2.79. The van der Waals surface area contributed by atoms with Crippen LogP contribution >= 0.6 is 0 Å². The molecule has 2 aromatic rings. The number of carbonyl (C=O) groups is 3. The average molecular weight is 384 g/mol. The van der Waals surface area contributed by atoms with E-state index in [1.807, 2.05) is 24.3 Å². The van der Waals surface area contributed by atoms with Gasteiger partial charge in [0.15, 0.2) is 6.10 Å². The molecular weight excluding hydrogens is 364 g/mol. The molecule has 0 aliphatic carbocycles. The Morgan fingerprint density at radius 1 is 1.14 bits per heavy atom. The molecule has 2 amide bonds. The lowest BCUT2D eigenvalue weighted by atomic mass is 10.1. The number of rotatable bonds is 8. The number of anilines is 1. The first kappa shape index (κ1) is 19.4. The third-order valence-corrected chi connectivity index (χ3v) is 4.09. The first-order valence-electron chi connectivity index (χ1n) is 8.76. The summed E-state index contributed by atoms with van der Waals surface area (Å²) in [6, 6.07) is 14.0. The first-order valence-corrected chi connectivity index (χ1v) is 8.76. The van der Waals surface area contributed by atoms with E-state index in [-0.39, 0.29) is 25.0 Å². The third-order valence-electron chi connectivity index (χ3n) is 4.09. The van der Waals surface area contributed by atoms with Gasteiger partial charge >= 0.3 is 5.97 Å². The molecule has 0 aromatic heterocycles. The van der Waals surface area contributed by atoms with Crippen LogP contribution < -0.4 is 15.4 Å². The highest BCUT2D eigenvalue weighted by molar-refractivity contribution is 5.98. The third kappa shape index (κ3) is 5.08. The van der Waals surface area contributed by atoms with Crippen molar-refractivity contribution in [1.29, 1.82) is 0 Å². The molecule has 0 fully saturated rings. The number of benzene rings is 2. The summed E-state index contributed by atoms with van der Waals surface area (Å²) in [6.07, 6.45) is -0.111. The summed E-state index contributed by atoms with van der Waals surface area (Å²) in [5.74, 6) is -0.986. The van der Waals surface area contributed by atoms with Crippen LogP contribution in [0.15, 0.2) is 48.5 Å². The summed E-state index contributed by atoms with van der Waals surface area (Å²) in [7, 11) is 0. The minimum absolute atomic E-state index is 0.0913. The molecule has 0 saturated heterocycles. The van der Waals surface area contributed by atoms with Gasteiger partial charge in [0.05, 0.1) is 6.61 Å². The molecule has 0 bridgehead atoms. The second-order valence-corrected chi connectivity index (χ2v) is 6.19. The van der Waals surface area contributed by atoms with Crippen LogP contribution in [0.3, 0.4) is 0 Å². The second kappa shape index (κ2) is 9.01. The quantitative estimate of drug-likeness (QED) is 0.594. The first-order chi connectivity index (χ1) is 13.5. The number of carboxylic acids is 1. The van der Waals surface area contributed by atoms with Crippen LogP contribution in [0.4, 0.5) is 5.69 Å². The Morgan fingerprint density at radius 3 is 2.75 bits per heavy atom. The molecule has 146 valence electrons. The van der Waals surface area contributed by atoms with Gasteiger partial charge in [-0.25, -0.2) is 4.79 Å². The number of para-hydroxylation sites is 1. The zero-order valence-electron chi connectivity index (χ0n) is 15.0. The van der Waals surface area contributed by atoms with Crippen molar-refractivity contribution in [1.82, 2.24) is 5.32 Å². The number of ether oxygens (including phenoxy) is 2. The molecule has 8 nitrogen and oxygen atoms in total. The van der Waals surface area contributed by atoms with Gasteiger partial charge in [-0.15, -0.1) is 0 Å². The predicted octanol–water partition coefficient (Wildman–Crippen LogP) is 1.46. The van der Waals surface area contributed by atoms with E-state index in [4.69, 9.17) is 14.6 Å². The molecule has 2 aromatic carbocycles. The van der Waals surface area contributed by atoms with Crippen LogP contribution in [-0.4, -0.2) is 48.8 Å². The van der Waals surface area contributed by atoms with E-state index in [2.05, 4.69) is 10.6 Å². The Hall–Kier alpha value is -3.39. The number of amides is 2. The van der Waals surface area contributed by atoms with Gasteiger partial charge in [-0.3, -0.25) is 9.59 Å². The molecule has 0 radical (unpaired) electrons. The van der Waals surface area contributed by atoms with E-state index in [1.54, 1.807) is 24.3 Å². The standard InChI is InChI=1S/C20H20N2O6/c23-18(24)12-27-9-8-21-19(25)14-5-3-6-15(10-14)22-20(26)17-11-13-4-1-2-7-16(13)28-17/h1-7,10,17H,8-9,11-12H2,(H,21,25)(H,22,26)(H,23,24). The van der Waals surface area contributed by atoms with Crippen molar-refractivity contribution in [3.8, 4) is 5.75 Å². The van der Waals surface area contributed by atoms with Gasteiger partial charge in [0.25, 0.3) is 11.8 Å². The Labute approximate surface area is 161 Å². The molecule has 0 spiro atoms. The highest BCUT2D eigenvalue weighted by Gasteiger charge is 2.28. The van der Waals surface area contributed by atoms with E-state index in [0.717, 1.165) is 5.56 Å². The summed E-state index contributed by atoms with van der Waals surface area (Å²) in [5.41, 5.74) is 1.84. The van der Waals surface area contributed by atoms with Crippen molar-refractivity contribution in [2.75, 3.05) is 25.1 Å². The van der Waals surface area contributed by atoms with Crippen LogP contribution in [-0.2, 0) is 20.7 Å². The zero-order chi connectivity index (χ0) is 19.9. The Kier molecular flexibility index (Phi) is 6.23. The Morgan fingerprint density at radius 2 is 1.96 bits per heavy atom. The number of nitrogens with one attached hydrogen (secondary N) is 2. The van der Waals surface area contributed by atoms with Crippen LogP contribution in [0.25, 0.3) is 0 Å². The van der Waals surface area contributed by atoms with Crippen molar-refractivity contribution in [2.24, 2.45) is 0 Å². The van der Waals surface area contributed by atoms with Crippen LogP contribution in [0, 0.1) is 0 Å². The molecule has 1 heterocycles. The summed E-state index contributed by atoms with van der Waals surface area (Å²) in [6.45, 7) is -0.143. The molecule has 3 N–H and O–H groups in total. The maximum atomic E-state index is 12.5. The Bertz CT molecular complexity index is 858. The van der Waals surface area contributed by atoms with Gasteiger partial charge in [0.2, 0.25) is 0 Å². The topological polar surface area (TPSA) is 114 Å². The van der Waals surface area contributed by atoms with E-state index in [0.29, 0.717) is 23.4 Å². The highest BCUT2D eigenvalue weighted by atomic mass is 16.5. The largest absolute Gasteiger partial charge is 0.480 e. The number of fused-ring (bicyclic) bond motifs is 1. The van der Waals surface area contributed by atoms with Crippen molar-refractivity contribution in [3.05, 3.63) is 59.7 Å². The van der Waals surface area contributed by atoms with E-state index in [1.165, 1.54) is 0 Å². The SMILES string of the molecule is O=C(O)COCCNC(=O)c1cccc(NC(=O)C2Cc3ccccc3O2)c1.